The summed E-state index contributed by atoms with van der Waals surface area (Å²) in [6, 6.07) is 19.6. The van der Waals surface area contributed by atoms with Crippen LogP contribution < -0.4 is 21.5 Å². The quantitative estimate of drug-likeness (QED) is 0.592. The third kappa shape index (κ3) is 3.96. The van der Waals surface area contributed by atoms with Crippen LogP contribution in [0.3, 0.4) is 0 Å². The van der Waals surface area contributed by atoms with Crippen LogP contribution in [0.4, 0.5) is 5.69 Å². The highest BCUT2D eigenvalue weighted by atomic mass is 15.5. The maximum atomic E-state index is 6.31. The van der Waals surface area contributed by atoms with Gasteiger partial charge in [0.15, 0.2) is 0 Å². The molecular formula is C24H31N7. The number of aromatic nitrogens is 3. The zero-order chi connectivity index (χ0) is 21.4. The van der Waals surface area contributed by atoms with Gasteiger partial charge in [-0.1, -0.05) is 47.7 Å². The first-order valence-corrected chi connectivity index (χ1v) is 11.1. The number of nitrogens with zero attached hydrogens (tertiary/aromatic N) is 4. The summed E-state index contributed by atoms with van der Waals surface area (Å²) >= 11 is 0. The average Bonchev–Trinajstić information content (AvgIpc) is 3.38. The van der Waals surface area contributed by atoms with Gasteiger partial charge >= 0.3 is 0 Å². The van der Waals surface area contributed by atoms with Crippen molar-refractivity contribution in [3.63, 3.8) is 0 Å². The van der Waals surface area contributed by atoms with E-state index in [1.165, 1.54) is 11.3 Å². The van der Waals surface area contributed by atoms with Crippen LogP contribution in [0.15, 0.2) is 54.6 Å². The topological polar surface area (TPSA) is 84.0 Å². The summed E-state index contributed by atoms with van der Waals surface area (Å²) in [5.74, 6) is 0.782. The molecule has 2 aromatic carbocycles. The highest BCUT2D eigenvalue weighted by Gasteiger charge is 2.40. The monoisotopic (exact) mass is 417 g/mol. The second kappa shape index (κ2) is 8.42. The van der Waals surface area contributed by atoms with Crippen molar-refractivity contribution in [3.8, 4) is 11.3 Å². The molecule has 1 aromatic heterocycles. The van der Waals surface area contributed by atoms with E-state index in [0.29, 0.717) is 24.4 Å². The summed E-state index contributed by atoms with van der Waals surface area (Å²) in [6.45, 7) is 0.708. The van der Waals surface area contributed by atoms with E-state index in [9.17, 15) is 0 Å². The van der Waals surface area contributed by atoms with Crippen LogP contribution in [0.5, 0.6) is 0 Å². The van der Waals surface area contributed by atoms with Gasteiger partial charge in [-0.3, -0.25) is 5.43 Å². The van der Waals surface area contributed by atoms with Crippen molar-refractivity contribution in [2.45, 2.75) is 43.9 Å². The molecule has 3 aromatic rings. The Bertz CT molecular complexity index is 1010. The lowest BCUT2D eigenvalue weighted by molar-refractivity contribution is 0.276. The lowest BCUT2D eigenvalue weighted by Gasteiger charge is -2.31. The Morgan fingerprint density at radius 2 is 1.81 bits per heavy atom. The predicted octanol–water partition coefficient (Wildman–Crippen LogP) is 2.70. The fourth-order valence-electron chi connectivity index (χ4n) is 5.02. The molecule has 7 nitrogen and oxygen atoms in total. The first-order valence-electron chi connectivity index (χ1n) is 11.1. The van der Waals surface area contributed by atoms with Gasteiger partial charge in [0.05, 0.1) is 24.1 Å². The van der Waals surface area contributed by atoms with Crippen molar-refractivity contribution in [2.24, 2.45) is 11.7 Å². The Morgan fingerprint density at radius 1 is 1.03 bits per heavy atom. The Morgan fingerprint density at radius 3 is 2.55 bits per heavy atom. The standard InChI is InChI=1S/C24H31N7/c1-30(2)19-11-8-17(9-12-19)23-22(18-10-13-21-20(14-18)24(25)28-26-21)27-29-31(23)15-16-6-4-3-5-7-16/h3-9,11-12,18,20-21,24,26,28H,10,13-15,25H2,1-2H3. The first-order chi connectivity index (χ1) is 15.1. The van der Waals surface area contributed by atoms with Crippen LogP contribution in [-0.4, -0.2) is 41.3 Å². The molecule has 0 radical (unpaired) electrons. The van der Waals surface area contributed by atoms with Crippen molar-refractivity contribution >= 4 is 5.69 Å². The van der Waals surface area contributed by atoms with E-state index in [2.05, 4.69) is 88.3 Å². The van der Waals surface area contributed by atoms with E-state index < -0.39 is 0 Å². The molecule has 4 unspecified atom stereocenters. The molecule has 0 bridgehead atoms. The smallest absolute Gasteiger partial charge is 0.0938 e. The molecule has 1 saturated heterocycles. The van der Waals surface area contributed by atoms with Crippen molar-refractivity contribution in [3.05, 3.63) is 65.9 Å². The second-order valence-electron chi connectivity index (χ2n) is 9.00. The Balaban J connectivity index is 1.51. The predicted molar refractivity (Wildman–Crippen MR) is 123 cm³/mol. The molecular weight excluding hydrogens is 386 g/mol. The van der Waals surface area contributed by atoms with Crippen LogP contribution in [0, 0.1) is 5.92 Å². The minimum atomic E-state index is -0.00464. The third-order valence-electron chi connectivity index (χ3n) is 6.78. The molecule has 0 amide bonds. The van der Waals surface area contributed by atoms with E-state index in [-0.39, 0.29) is 6.17 Å². The summed E-state index contributed by atoms with van der Waals surface area (Å²) in [5, 5.41) is 9.35. The van der Waals surface area contributed by atoms with E-state index in [1.807, 2.05) is 6.07 Å². The van der Waals surface area contributed by atoms with Gasteiger partial charge in [0.1, 0.15) is 0 Å². The van der Waals surface area contributed by atoms with Crippen LogP contribution in [0.2, 0.25) is 0 Å². The summed E-state index contributed by atoms with van der Waals surface area (Å²) in [4.78, 5) is 2.12. The molecule has 4 atom stereocenters. The first kappa shape index (κ1) is 20.2. The van der Waals surface area contributed by atoms with Crippen molar-refractivity contribution in [1.82, 2.24) is 25.8 Å². The Labute approximate surface area is 183 Å². The normalized spacial score (nSPS) is 25.4. The summed E-state index contributed by atoms with van der Waals surface area (Å²) in [5.41, 5.74) is 18.7. The number of fused-ring (bicyclic) bond motifs is 1. The van der Waals surface area contributed by atoms with Crippen LogP contribution in [0.1, 0.15) is 36.4 Å². The maximum absolute atomic E-state index is 6.31. The number of rotatable bonds is 5. The van der Waals surface area contributed by atoms with E-state index in [0.717, 1.165) is 36.2 Å². The van der Waals surface area contributed by atoms with Gasteiger partial charge in [-0.15, -0.1) is 5.10 Å². The molecule has 2 fully saturated rings. The Kier molecular flexibility index (Phi) is 5.48. The van der Waals surface area contributed by atoms with E-state index >= 15 is 0 Å². The summed E-state index contributed by atoms with van der Waals surface area (Å²) < 4.78 is 2.06. The molecule has 5 rings (SSSR count). The van der Waals surface area contributed by atoms with Crippen LogP contribution >= 0.6 is 0 Å². The molecule has 162 valence electrons. The van der Waals surface area contributed by atoms with E-state index in [1.54, 1.807) is 0 Å². The molecule has 2 heterocycles. The van der Waals surface area contributed by atoms with Crippen LogP contribution in [0.25, 0.3) is 11.3 Å². The molecule has 1 aliphatic heterocycles. The van der Waals surface area contributed by atoms with Crippen molar-refractivity contribution in [1.29, 1.82) is 0 Å². The van der Waals surface area contributed by atoms with Crippen LogP contribution in [-0.2, 0) is 6.54 Å². The zero-order valence-electron chi connectivity index (χ0n) is 18.2. The number of nitrogens with two attached hydrogens (primary N) is 1. The molecule has 1 aliphatic carbocycles. The summed E-state index contributed by atoms with van der Waals surface area (Å²) in [6.07, 6.45) is 3.21. The number of benzene rings is 2. The maximum Gasteiger partial charge on any atom is 0.0938 e. The minimum absolute atomic E-state index is 0.00464. The average molecular weight is 418 g/mol. The van der Waals surface area contributed by atoms with Gasteiger partial charge in [0.25, 0.3) is 0 Å². The fourth-order valence-corrected chi connectivity index (χ4v) is 5.02. The zero-order valence-corrected chi connectivity index (χ0v) is 18.2. The van der Waals surface area contributed by atoms with Crippen molar-refractivity contribution < 1.29 is 0 Å². The van der Waals surface area contributed by atoms with Gasteiger partial charge in [0.2, 0.25) is 0 Å². The largest absolute Gasteiger partial charge is 0.378 e. The lowest BCUT2D eigenvalue weighted by Crippen LogP contribution is -2.39. The molecule has 31 heavy (non-hydrogen) atoms. The SMILES string of the molecule is CN(C)c1ccc(-c2c(C3CCC4NNC(N)C4C3)nnn2Cc2ccccc2)cc1. The van der Waals surface area contributed by atoms with Gasteiger partial charge < -0.3 is 10.6 Å². The summed E-state index contributed by atoms with van der Waals surface area (Å²) in [7, 11) is 4.13. The Hall–Kier alpha value is -2.74. The number of hydrogen-bond acceptors (Lipinski definition) is 6. The van der Waals surface area contributed by atoms with E-state index in [4.69, 9.17) is 10.8 Å². The third-order valence-corrected chi connectivity index (χ3v) is 6.78. The number of anilines is 1. The number of hydrogen-bond donors (Lipinski definition) is 3. The molecule has 1 saturated carbocycles. The molecule has 2 aliphatic rings. The highest BCUT2D eigenvalue weighted by Crippen LogP contribution is 2.41. The van der Waals surface area contributed by atoms with Gasteiger partial charge in [-0.25, -0.2) is 10.1 Å². The number of hydrazine groups is 1. The molecule has 7 heteroatoms. The molecule has 0 spiro atoms. The van der Waals surface area contributed by atoms with Gasteiger partial charge in [-0.05, 0) is 37.0 Å². The lowest BCUT2D eigenvalue weighted by atomic mass is 9.76. The van der Waals surface area contributed by atoms with Crippen molar-refractivity contribution in [2.75, 3.05) is 19.0 Å². The minimum Gasteiger partial charge on any atom is -0.378 e. The fraction of sp³-hybridized carbons (Fsp3) is 0.417. The van der Waals surface area contributed by atoms with Gasteiger partial charge in [0, 0.05) is 43.2 Å². The molecule has 4 N–H and O–H groups in total. The highest BCUT2D eigenvalue weighted by molar-refractivity contribution is 5.66. The number of nitrogens with one attached hydrogen (secondary N) is 2. The second-order valence-corrected chi connectivity index (χ2v) is 9.00. The van der Waals surface area contributed by atoms with Gasteiger partial charge in [-0.2, -0.15) is 0 Å².